The molecule has 2 fully saturated rings. The number of carbonyl (C=O) groups is 1. The normalized spacial score (nSPS) is 24.1. The maximum atomic E-state index is 15.3. The fourth-order valence-electron chi connectivity index (χ4n) is 6.09. The molecule has 0 bridgehead atoms. The van der Waals surface area contributed by atoms with Crippen molar-refractivity contribution < 1.29 is 14.3 Å². The van der Waals surface area contributed by atoms with E-state index in [1.807, 2.05) is 30.3 Å². The van der Waals surface area contributed by atoms with Gasteiger partial charge in [-0.05, 0) is 68.9 Å². The Morgan fingerprint density at radius 3 is 2.81 bits per heavy atom. The Morgan fingerprint density at radius 1 is 1.25 bits per heavy atom. The zero-order chi connectivity index (χ0) is 25.2. The predicted molar refractivity (Wildman–Crippen MR) is 138 cm³/mol. The number of hydrogen-bond acceptors (Lipinski definition) is 4. The number of fused-ring (bicyclic) bond motifs is 5. The van der Waals surface area contributed by atoms with E-state index in [1.54, 1.807) is 19.9 Å². The van der Waals surface area contributed by atoms with E-state index < -0.39 is 5.60 Å². The van der Waals surface area contributed by atoms with E-state index in [-0.39, 0.29) is 35.1 Å². The molecule has 2 aromatic carbocycles. The fraction of sp³-hybridized carbons (Fsp3) is 0.500. The third kappa shape index (κ3) is 4.31. The number of aliphatic hydroxyl groups is 1. The lowest BCUT2D eigenvalue weighted by Gasteiger charge is -2.33. The van der Waals surface area contributed by atoms with Crippen molar-refractivity contribution >= 4 is 28.5 Å². The molecule has 3 atom stereocenters. The van der Waals surface area contributed by atoms with Gasteiger partial charge in [0.1, 0.15) is 11.6 Å². The lowest BCUT2D eigenvalue weighted by atomic mass is 9.81. The average molecular weight is 511 g/mol. The number of halogens is 2. The van der Waals surface area contributed by atoms with E-state index in [9.17, 15) is 9.90 Å². The van der Waals surface area contributed by atoms with Crippen molar-refractivity contribution in [3.63, 3.8) is 0 Å². The van der Waals surface area contributed by atoms with Crippen molar-refractivity contribution in [2.45, 2.75) is 63.1 Å². The molecule has 1 aromatic heterocycles. The summed E-state index contributed by atoms with van der Waals surface area (Å²) in [7, 11) is 0. The van der Waals surface area contributed by atoms with E-state index in [4.69, 9.17) is 16.6 Å². The number of nitrogens with zero attached hydrogens (tertiary/aromatic N) is 3. The first-order valence-electron chi connectivity index (χ1n) is 12.9. The highest BCUT2D eigenvalue weighted by molar-refractivity contribution is 6.30. The van der Waals surface area contributed by atoms with Crippen LogP contribution in [-0.2, 0) is 6.54 Å². The molecule has 2 aliphatic heterocycles. The summed E-state index contributed by atoms with van der Waals surface area (Å²) in [6.07, 6.45) is 3.55. The summed E-state index contributed by atoms with van der Waals surface area (Å²) in [5, 5.41) is 12.9. The number of carbonyl (C=O) groups excluding carboxylic acids is 1. The Bertz CT molecular complexity index is 1330. The molecule has 2 N–H and O–H groups in total. The van der Waals surface area contributed by atoms with Crippen molar-refractivity contribution in [2.24, 2.45) is 5.92 Å². The number of likely N-dealkylation sites (tertiary alicyclic amines) is 1. The Morgan fingerprint density at radius 2 is 2.06 bits per heavy atom. The summed E-state index contributed by atoms with van der Waals surface area (Å²) in [6, 6.07) is 11.2. The van der Waals surface area contributed by atoms with Gasteiger partial charge in [0.25, 0.3) is 5.91 Å². The number of amides is 1. The molecule has 1 aliphatic carbocycles. The third-order valence-corrected chi connectivity index (χ3v) is 8.28. The van der Waals surface area contributed by atoms with Crippen LogP contribution in [0.2, 0.25) is 5.02 Å². The van der Waals surface area contributed by atoms with Crippen LogP contribution in [-0.4, -0.2) is 56.7 Å². The molecule has 36 heavy (non-hydrogen) atoms. The van der Waals surface area contributed by atoms with Crippen LogP contribution in [0.3, 0.4) is 0 Å². The molecular weight excluding hydrogens is 479 g/mol. The molecule has 1 saturated carbocycles. The van der Waals surface area contributed by atoms with Crippen molar-refractivity contribution in [3.8, 4) is 0 Å². The van der Waals surface area contributed by atoms with E-state index in [2.05, 4.69) is 14.8 Å². The molecule has 1 amide bonds. The molecule has 0 spiro atoms. The lowest BCUT2D eigenvalue weighted by molar-refractivity contribution is 0.0694. The Balaban J connectivity index is 1.38. The number of imidazole rings is 1. The Labute approximate surface area is 215 Å². The van der Waals surface area contributed by atoms with Gasteiger partial charge in [-0.25, -0.2) is 9.37 Å². The third-order valence-electron chi connectivity index (χ3n) is 7.99. The van der Waals surface area contributed by atoms with Crippen LogP contribution in [0.15, 0.2) is 36.4 Å². The highest BCUT2D eigenvalue weighted by Gasteiger charge is 2.49. The van der Waals surface area contributed by atoms with Crippen molar-refractivity contribution in [2.75, 3.05) is 19.6 Å². The SMILES string of the molecule is CC(C)(O)CNC(=O)c1ccc2c(c1)nc1n2CC[C@H]2[C@@H]1[C@H](c1cccc(Cl)c1F)CN2CC1CC1. The number of aromatic nitrogens is 2. The van der Waals surface area contributed by atoms with E-state index >= 15 is 4.39 Å². The van der Waals surface area contributed by atoms with E-state index in [0.29, 0.717) is 17.2 Å². The van der Waals surface area contributed by atoms with Gasteiger partial charge >= 0.3 is 0 Å². The first-order chi connectivity index (χ1) is 17.2. The van der Waals surface area contributed by atoms with Gasteiger partial charge in [0.15, 0.2) is 0 Å². The van der Waals surface area contributed by atoms with Crippen LogP contribution in [0.1, 0.15) is 66.7 Å². The van der Waals surface area contributed by atoms with E-state index in [0.717, 1.165) is 48.8 Å². The van der Waals surface area contributed by atoms with Crippen molar-refractivity contribution in [1.29, 1.82) is 0 Å². The topological polar surface area (TPSA) is 70.4 Å². The summed E-state index contributed by atoms with van der Waals surface area (Å²) in [4.78, 5) is 20.3. The van der Waals surface area contributed by atoms with Gasteiger partial charge in [-0.1, -0.05) is 23.7 Å². The van der Waals surface area contributed by atoms with Crippen LogP contribution in [0.4, 0.5) is 4.39 Å². The highest BCUT2D eigenvalue weighted by atomic mass is 35.5. The number of hydrogen-bond donors (Lipinski definition) is 2. The Hall–Kier alpha value is -2.48. The first kappa shape index (κ1) is 23.9. The number of benzene rings is 2. The molecule has 0 unspecified atom stereocenters. The minimum Gasteiger partial charge on any atom is -0.389 e. The second-order valence-electron chi connectivity index (χ2n) is 11.3. The van der Waals surface area contributed by atoms with Gasteiger partial charge in [0.05, 0.1) is 21.7 Å². The van der Waals surface area contributed by atoms with Gasteiger partial charge in [-0.3, -0.25) is 9.69 Å². The molecule has 3 heterocycles. The molecule has 3 aromatic rings. The smallest absolute Gasteiger partial charge is 0.251 e. The maximum absolute atomic E-state index is 15.3. The summed E-state index contributed by atoms with van der Waals surface area (Å²) in [5.74, 6) is 1.19. The van der Waals surface area contributed by atoms with Crippen LogP contribution in [0.5, 0.6) is 0 Å². The minimum atomic E-state index is -0.984. The second kappa shape index (κ2) is 8.82. The summed E-state index contributed by atoms with van der Waals surface area (Å²) >= 11 is 6.20. The van der Waals surface area contributed by atoms with Gasteiger partial charge in [-0.15, -0.1) is 0 Å². The molecule has 6 rings (SSSR count). The largest absolute Gasteiger partial charge is 0.389 e. The van der Waals surface area contributed by atoms with Gasteiger partial charge < -0.3 is 15.0 Å². The van der Waals surface area contributed by atoms with E-state index in [1.165, 1.54) is 12.8 Å². The standard InChI is InChI=1S/C28H32ClFN4O2/c1-28(2,36)15-31-27(35)17-8-9-22-21(12-17)32-26-24-19(18-4-3-5-20(29)25(18)30)14-33(13-16-6-7-16)23(24)10-11-34(22)26/h3-5,8-9,12,16,19,23-24,36H,6-7,10-11,13-15H2,1-2H3,(H,31,35)/t19-,23-,24-/m0/s1. The molecular formula is C28H32ClFN4O2. The zero-order valence-corrected chi connectivity index (χ0v) is 21.4. The number of nitrogens with one attached hydrogen (secondary N) is 1. The molecule has 0 radical (unpaired) electrons. The van der Waals surface area contributed by atoms with Crippen molar-refractivity contribution in [1.82, 2.24) is 19.8 Å². The summed E-state index contributed by atoms with van der Waals surface area (Å²) in [6.45, 7) is 6.19. The minimum absolute atomic E-state index is 0.0298. The van der Waals surface area contributed by atoms with Gasteiger partial charge in [-0.2, -0.15) is 0 Å². The van der Waals surface area contributed by atoms with Crippen molar-refractivity contribution in [3.05, 3.63) is 64.2 Å². The second-order valence-corrected chi connectivity index (χ2v) is 11.8. The predicted octanol–water partition coefficient (Wildman–Crippen LogP) is 4.69. The van der Waals surface area contributed by atoms with Crippen LogP contribution in [0, 0.1) is 11.7 Å². The quantitative estimate of drug-likeness (QED) is 0.504. The van der Waals surface area contributed by atoms with Crippen LogP contribution >= 0.6 is 11.6 Å². The number of rotatable bonds is 6. The molecule has 1 saturated heterocycles. The molecule has 6 nitrogen and oxygen atoms in total. The maximum Gasteiger partial charge on any atom is 0.251 e. The Kier molecular flexibility index (Phi) is 5.85. The average Bonchev–Trinajstić information content (AvgIpc) is 3.47. The fourth-order valence-corrected chi connectivity index (χ4v) is 6.27. The molecule has 8 heteroatoms. The highest BCUT2D eigenvalue weighted by Crippen LogP contribution is 2.50. The lowest BCUT2D eigenvalue weighted by Crippen LogP contribution is -2.38. The van der Waals surface area contributed by atoms with Gasteiger partial charge in [0, 0.05) is 49.6 Å². The monoisotopic (exact) mass is 510 g/mol. The van der Waals surface area contributed by atoms with Gasteiger partial charge in [0.2, 0.25) is 0 Å². The zero-order valence-electron chi connectivity index (χ0n) is 20.7. The molecule has 190 valence electrons. The summed E-state index contributed by atoms with van der Waals surface area (Å²) < 4.78 is 17.5. The number of aryl methyl sites for hydroxylation is 1. The van der Waals surface area contributed by atoms with Crippen LogP contribution in [0.25, 0.3) is 11.0 Å². The summed E-state index contributed by atoms with van der Waals surface area (Å²) in [5.41, 5.74) is 1.96. The first-order valence-corrected chi connectivity index (χ1v) is 13.3. The molecule has 3 aliphatic rings. The van der Waals surface area contributed by atoms with Crippen LogP contribution < -0.4 is 5.32 Å².